The van der Waals surface area contributed by atoms with Gasteiger partial charge < -0.3 is 10.5 Å². The summed E-state index contributed by atoms with van der Waals surface area (Å²) >= 11 is 11.7. The Morgan fingerprint density at radius 3 is 2.56 bits per heavy atom. The Morgan fingerprint density at radius 2 is 1.94 bits per heavy atom. The van der Waals surface area contributed by atoms with Gasteiger partial charge in [0.05, 0.1) is 6.61 Å². The summed E-state index contributed by atoms with van der Waals surface area (Å²) in [6.07, 6.45) is 2.66. The minimum absolute atomic E-state index is 0.526. The molecule has 18 heavy (non-hydrogen) atoms. The first kappa shape index (κ1) is 13.1. The zero-order valence-corrected chi connectivity index (χ0v) is 11.2. The molecule has 0 fully saturated rings. The predicted molar refractivity (Wildman–Crippen MR) is 73.2 cm³/mol. The second-order valence-electron chi connectivity index (χ2n) is 3.81. The summed E-state index contributed by atoms with van der Waals surface area (Å²) in [5.41, 5.74) is 5.51. The number of ether oxygens (including phenoxy) is 1. The van der Waals surface area contributed by atoms with E-state index in [1.54, 1.807) is 28.9 Å². The van der Waals surface area contributed by atoms with Gasteiger partial charge in [-0.2, -0.15) is 5.10 Å². The van der Waals surface area contributed by atoms with Gasteiger partial charge in [-0.05, 0) is 24.3 Å². The molecule has 6 heteroatoms. The molecule has 0 aliphatic rings. The van der Waals surface area contributed by atoms with Gasteiger partial charge in [0.15, 0.2) is 0 Å². The van der Waals surface area contributed by atoms with Crippen molar-refractivity contribution in [1.82, 2.24) is 9.78 Å². The van der Waals surface area contributed by atoms with Gasteiger partial charge in [-0.1, -0.05) is 23.2 Å². The number of rotatable bonds is 5. The highest BCUT2D eigenvalue weighted by atomic mass is 35.5. The third-order valence-electron chi connectivity index (χ3n) is 2.30. The van der Waals surface area contributed by atoms with Crippen LogP contribution in [-0.4, -0.2) is 16.4 Å². The van der Waals surface area contributed by atoms with Crippen molar-refractivity contribution in [3.63, 3.8) is 0 Å². The Labute approximate surface area is 115 Å². The van der Waals surface area contributed by atoms with Gasteiger partial charge >= 0.3 is 0 Å². The minimum Gasteiger partial charge on any atom is -0.493 e. The van der Waals surface area contributed by atoms with E-state index in [0.717, 1.165) is 13.0 Å². The lowest BCUT2D eigenvalue weighted by atomic mass is 10.3. The molecule has 1 heterocycles. The first-order valence-corrected chi connectivity index (χ1v) is 6.27. The summed E-state index contributed by atoms with van der Waals surface area (Å²) in [6.45, 7) is 1.32. The molecule has 1 aromatic carbocycles. The van der Waals surface area contributed by atoms with Crippen LogP contribution in [0.3, 0.4) is 0 Å². The molecule has 4 nitrogen and oxygen atoms in total. The lowest BCUT2D eigenvalue weighted by molar-refractivity contribution is 0.299. The maximum absolute atomic E-state index is 5.87. The number of hydrogen-bond acceptors (Lipinski definition) is 3. The highest BCUT2D eigenvalue weighted by molar-refractivity contribution is 6.34. The van der Waals surface area contributed by atoms with E-state index in [1.807, 2.05) is 6.20 Å². The number of nitrogens with two attached hydrogens (primary N) is 1. The second-order valence-corrected chi connectivity index (χ2v) is 4.68. The lowest BCUT2D eigenvalue weighted by Crippen LogP contribution is -2.05. The van der Waals surface area contributed by atoms with E-state index in [4.69, 9.17) is 33.7 Å². The average molecular weight is 286 g/mol. The number of anilines is 1. The van der Waals surface area contributed by atoms with Crippen LogP contribution in [0.4, 0.5) is 5.82 Å². The summed E-state index contributed by atoms with van der Waals surface area (Å²) < 4.78 is 7.34. The van der Waals surface area contributed by atoms with Crippen molar-refractivity contribution in [3.8, 4) is 5.75 Å². The molecule has 0 saturated carbocycles. The summed E-state index contributed by atoms with van der Waals surface area (Å²) in [6, 6.07) is 6.90. The number of hydrogen-bond donors (Lipinski definition) is 1. The van der Waals surface area contributed by atoms with E-state index in [-0.39, 0.29) is 0 Å². The van der Waals surface area contributed by atoms with Crippen LogP contribution in [0.1, 0.15) is 6.42 Å². The summed E-state index contributed by atoms with van der Waals surface area (Å²) in [5.74, 6) is 1.20. The van der Waals surface area contributed by atoms with E-state index < -0.39 is 0 Å². The Kier molecular flexibility index (Phi) is 4.33. The van der Waals surface area contributed by atoms with Crippen molar-refractivity contribution >= 4 is 29.0 Å². The molecule has 0 bridgehead atoms. The van der Waals surface area contributed by atoms with Crippen LogP contribution in [-0.2, 0) is 6.54 Å². The van der Waals surface area contributed by atoms with Gasteiger partial charge in [0.2, 0.25) is 0 Å². The molecular weight excluding hydrogens is 273 g/mol. The third kappa shape index (κ3) is 3.82. The van der Waals surface area contributed by atoms with Gasteiger partial charge in [0.25, 0.3) is 0 Å². The third-order valence-corrected chi connectivity index (χ3v) is 2.73. The fourth-order valence-corrected chi connectivity index (χ4v) is 2.04. The Hall–Kier alpha value is -1.39. The molecule has 2 aromatic rings. The maximum atomic E-state index is 5.87. The molecule has 1 aromatic heterocycles. The van der Waals surface area contributed by atoms with Crippen molar-refractivity contribution in [3.05, 3.63) is 40.5 Å². The number of aromatic nitrogens is 2. The molecule has 0 radical (unpaired) electrons. The molecule has 0 spiro atoms. The van der Waals surface area contributed by atoms with Gasteiger partial charge in [-0.15, -0.1) is 0 Å². The number of halogens is 2. The predicted octanol–water partition coefficient (Wildman–Crippen LogP) is 3.24. The number of benzene rings is 1. The van der Waals surface area contributed by atoms with E-state index >= 15 is 0 Å². The Morgan fingerprint density at radius 1 is 1.22 bits per heavy atom. The average Bonchev–Trinajstić information content (AvgIpc) is 2.69. The Bertz CT molecular complexity index is 508. The fraction of sp³-hybridized carbons (Fsp3) is 0.250. The zero-order valence-electron chi connectivity index (χ0n) is 9.64. The van der Waals surface area contributed by atoms with Crippen LogP contribution >= 0.6 is 23.2 Å². The molecular formula is C12H13Cl2N3O. The van der Waals surface area contributed by atoms with Crippen LogP contribution in [0.5, 0.6) is 5.75 Å². The van der Waals surface area contributed by atoms with Gasteiger partial charge in [-0.25, -0.2) is 0 Å². The molecule has 0 aliphatic heterocycles. The van der Waals surface area contributed by atoms with Gasteiger partial charge in [0, 0.05) is 29.2 Å². The van der Waals surface area contributed by atoms with Crippen LogP contribution < -0.4 is 10.5 Å². The summed E-state index contributed by atoms with van der Waals surface area (Å²) in [4.78, 5) is 0. The second kappa shape index (κ2) is 5.98. The largest absolute Gasteiger partial charge is 0.493 e. The molecule has 0 aliphatic carbocycles. The minimum atomic E-state index is 0.526. The first-order valence-electron chi connectivity index (χ1n) is 5.51. The topological polar surface area (TPSA) is 53.1 Å². The van der Waals surface area contributed by atoms with E-state index in [0.29, 0.717) is 28.2 Å². The molecule has 2 rings (SSSR count). The summed E-state index contributed by atoms with van der Waals surface area (Å²) in [5, 5.41) is 5.21. The number of nitrogen functional groups attached to an aromatic ring is 1. The normalized spacial score (nSPS) is 10.6. The van der Waals surface area contributed by atoms with Crippen LogP contribution in [0, 0.1) is 0 Å². The number of aryl methyl sites for hydroxylation is 1. The van der Waals surface area contributed by atoms with Crippen LogP contribution in [0.2, 0.25) is 10.0 Å². The van der Waals surface area contributed by atoms with Crippen molar-refractivity contribution < 1.29 is 4.74 Å². The molecule has 2 N–H and O–H groups in total. The zero-order chi connectivity index (χ0) is 13.0. The highest BCUT2D eigenvalue weighted by Crippen LogP contribution is 2.24. The van der Waals surface area contributed by atoms with Crippen molar-refractivity contribution in [2.45, 2.75) is 13.0 Å². The number of nitrogens with zero attached hydrogens (tertiary/aromatic N) is 2. The monoisotopic (exact) mass is 285 g/mol. The summed E-state index contributed by atoms with van der Waals surface area (Å²) in [7, 11) is 0. The van der Waals surface area contributed by atoms with Gasteiger partial charge in [0.1, 0.15) is 11.6 Å². The quantitative estimate of drug-likeness (QED) is 0.858. The molecule has 0 saturated heterocycles. The highest BCUT2D eigenvalue weighted by Gasteiger charge is 2.00. The van der Waals surface area contributed by atoms with Crippen molar-refractivity contribution in [2.24, 2.45) is 0 Å². The van der Waals surface area contributed by atoms with Crippen molar-refractivity contribution in [2.75, 3.05) is 12.3 Å². The smallest absolute Gasteiger partial charge is 0.145 e. The SMILES string of the molecule is Nc1ccn(CCCOc2cc(Cl)cc(Cl)c2)n1. The standard InChI is InChI=1S/C12H13Cl2N3O/c13-9-6-10(14)8-11(7-9)18-5-1-3-17-4-2-12(15)16-17/h2,4,6-8H,1,3,5H2,(H2,15,16). The molecule has 0 amide bonds. The van der Waals surface area contributed by atoms with E-state index in [9.17, 15) is 0 Å². The van der Waals surface area contributed by atoms with E-state index in [2.05, 4.69) is 5.10 Å². The lowest BCUT2D eigenvalue weighted by Gasteiger charge is -2.07. The maximum Gasteiger partial charge on any atom is 0.145 e. The fourth-order valence-electron chi connectivity index (χ4n) is 1.53. The van der Waals surface area contributed by atoms with Gasteiger partial charge in [-0.3, -0.25) is 4.68 Å². The molecule has 0 atom stereocenters. The molecule has 0 unspecified atom stereocenters. The van der Waals surface area contributed by atoms with Crippen LogP contribution in [0.25, 0.3) is 0 Å². The first-order chi connectivity index (χ1) is 8.63. The Balaban J connectivity index is 1.78. The van der Waals surface area contributed by atoms with Crippen LogP contribution in [0.15, 0.2) is 30.5 Å². The molecule has 96 valence electrons. The van der Waals surface area contributed by atoms with Crippen molar-refractivity contribution in [1.29, 1.82) is 0 Å². The van der Waals surface area contributed by atoms with E-state index in [1.165, 1.54) is 0 Å².